The lowest BCUT2D eigenvalue weighted by Gasteiger charge is -2.19. The first-order valence-corrected chi connectivity index (χ1v) is 7.39. The molecule has 0 unspecified atom stereocenters. The molecule has 1 aromatic carbocycles. The van der Waals surface area contributed by atoms with Gasteiger partial charge in [0.25, 0.3) is 0 Å². The van der Waals surface area contributed by atoms with Gasteiger partial charge in [0, 0.05) is 34.5 Å². The molecule has 0 saturated carbocycles. The van der Waals surface area contributed by atoms with Crippen molar-refractivity contribution in [2.75, 3.05) is 0 Å². The lowest BCUT2D eigenvalue weighted by atomic mass is 9.83. The Morgan fingerprint density at radius 3 is 2.67 bits per heavy atom. The monoisotopic (exact) mass is 275 g/mol. The second-order valence-electron chi connectivity index (χ2n) is 6.54. The van der Waals surface area contributed by atoms with Crippen molar-refractivity contribution in [3.05, 3.63) is 59.5 Å². The van der Waals surface area contributed by atoms with Crippen LogP contribution in [0.25, 0.3) is 22.0 Å². The van der Waals surface area contributed by atoms with Crippen LogP contribution >= 0.6 is 0 Å². The quantitative estimate of drug-likeness (QED) is 0.572. The third-order valence-corrected chi connectivity index (χ3v) is 4.80. The number of rotatable bonds is 0. The van der Waals surface area contributed by atoms with Crippen LogP contribution in [0.15, 0.2) is 42.7 Å². The number of aromatic nitrogens is 2. The molecule has 21 heavy (non-hydrogen) atoms. The second kappa shape index (κ2) is 3.91. The summed E-state index contributed by atoms with van der Waals surface area (Å²) < 4.78 is 2.24. The van der Waals surface area contributed by atoms with Crippen molar-refractivity contribution in [2.24, 2.45) is 7.05 Å². The number of hydrogen-bond donors (Lipinski definition) is 0. The maximum atomic E-state index is 4.53. The summed E-state index contributed by atoms with van der Waals surface area (Å²) in [7, 11) is 2.13. The summed E-state index contributed by atoms with van der Waals surface area (Å²) in [5.74, 6) is 0. The molecule has 2 heteroatoms. The first-order valence-electron chi connectivity index (χ1n) is 7.39. The third kappa shape index (κ3) is 1.53. The van der Waals surface area contributed by atoms with Gasteiger partial charge in [0.1, 0.15) is 7.05 Å². The summed E-state index contributed by atoms with van der Waals surface area (Å²) >= 11 is 0. The lowest BCUT2D eigenvalue weighted by molar-refractivity contribution is -0.645. The Hall–Kier alpha value is -2.22. The van der Waals surface area contributed by atoms with Crippen LogP contribution in [-0.2, 0) is 12.5 Å². The van der Waals surface area contributed by atoms with Crippen molar-refractivity contribution >= 4 is 10.9 Å². The lowest BCUT2D eigenvalue weighted by Crippen LogP contribution is -2.31. The summed E-state index contributed by atoms with van der Waals surface area (Å²) in [6.45, 7) is 6.66. The minimum atomic E-state index is 0.00710. The topological polar surface area (TPSA) is 16.8 Å². The predicted molar refractivity (Wildman–Crippen MR) is 85.2 cm³/mol. The van der Waals surface area contributed by atoms with Crippen LogP contribution in [0.1, 0.15) is 30.7 Å². The molecule has 3 aromatic rings. The van der Waals surface area contributed by atoms with Crippen molar-refractivity contribution in [3.8, 4) is 11.1 Å². The summed E-state index contributed by atoms with van der Waals surface area (Å²) in [5, 5.41) is 1.33. The Morgan fingerprint density at radius 1 is 1.10 bits per heavy atom. The molecule has 2 heterocycles. The van der Waals surface area contributed by atoms with Crippen LogP contribution in [0.5, 0.6) is 0 Å². The third-order valence-electron chi connectivity index (χ3n) is 4.80. The Balaban J connectivity index is 2.23. The molecule has 0 spiro atoms. The standard InChI is InChI=1S/C19H19N2/c1-12-9-14-15(10-20-12)19(2,3)16-11-21(4)17-8-6-5-7-13(17)18(14)16/h5-11H,1-4H3/q+1. The molecule has 0 amide bonds. The molecule has 0 bridgehead atoms. The van der Waals surface area contributed by atoms with Gasteiger partial charge in [-0.15, -0.1) is 0 Å². The molecule has 104 valence electrons. The van der Waals surface area contributed by atoms with Crippen molar-refractivity contribution < 1.29 is 4.57 Å². The van der Waals surface area contributed by atoms with Gasteiger partial charge < -0.3 is 0 Å². The van der Waals surface area contributed by atoms with E-state index >= 15 is 0 Å². The number of hydrogen-bond acceptors (Lipinski definition) is 1. The number of aryl methyl sites for hydroxylation is 2. The van der Waals surface area contributed by atoms with Crippen LogP contribution in [0.3, 0.4) is 0 Å². The van der Waals surface area contributed by atoms with Crippen LogP contribution in [0, 0.1) is 6.92 Å². The van der Waals surface area contributed by atoms with Gasteiger partial charge in [-0.3, -0.25) is 4.98 Å². The van der Waals surface area contributed by atoms with Gasteiger partial charge in [-0.1, -0.05) is 26.0 Å². The van der Waals surface area contributed by atoms with Crippen molar-refractivity contribution in [3.63, 3.8) is 0 Å². The van der Waals surface area contributed by atoms with Crippen molar-refractivity contribution in [1.82, 2.24) is 4.98 Å². The van der Waals surface area contributed by atoms with Gasteiger partial charge in [-0.2, -0.15) is 0 Å². The first kappa shape index (κ1) is 12.5. The number of benzene rings is 1. The Morgan fingerprint density at radius 2 is 1.86 bits per heavy atom. The number of pyridine rings is 2. The number of fused-ring (bicyclic) bond motifs is 5. The Labute approximate surface area is 125 Å². The number of para-hydroxylation sites is 1. The van der Waals surface area contributed by atoms with E-state index < -0.39 is 0 Å². The highest BCUT2D eigenvalue weighted by atomic mass is 14.9. The van der Waals surface area contributed by atoms with Gasteiger partial charge in [0.05, 0.1) is 5.39 Å². The summed E-state index contributed by atoms with van der Waals surface area (Å²) in [6, 6.07) is 10.9. The highest BCUT2D eigenvalue weighted by molar-refractivity contribution is 5.99. The van der Waals surface area contributed by atoms with E-state index in [-0.39, 0.29) is 5.41 Å². The molecular formula is C19H19N2+. The molecule has 0 aliphatic heterocycles. The zero-order valence-corrected chi connectivity index (χ0v) is 12.9. The number of nitrogens with zero attached hydrogens (tertiary/aromatic N) is 2. The van der Waals surface area contributed by atoms with Gasteiger partial charge in [-0.25, -0.2) is 4.57 Å². The fourth-order valence-corrected chi connectivity index (χ4v) is 3.64. The maximum Gasteiger partial charge on any atom is 0.212 e. The largest absolute Gasteiger partial charge is 0.261 e. The van der Waals surface area contributed by atoms with E-state index in [0.717, 1.165) is 5.69 Å². The molecule has 4 rings (SSSR count). The van der Waals surface area contributed by atoms with E-state index in [9.17, 15) is 0 Å². The molecule has 0 N–H and O–H groups in total. The fourth-order valence-electron chi connectivity index (χ4n) is 3.64. The van der Waals surface area contributed by atoms with Crippen LogP contribution < -0.4 is 4.57 Å². The summed E-state index contributed by atoms with van der Waals surface area (Å²) in [5.41, 5.74) is 7.82. The average molecular weight is 275 g/mol. The van der Waals surface area contributed by atoms with E-state index in [4.69, 9.17) is 0 Å². The summed E-state index contributed by atoms with van der Waals surface area (Å²) in [6.07, 6.45) is 4.34. The van der Waals surface area contributed by atoms with Gasteiger partial charge in [-0.05, 0) is 30.2 Å². The van der Waals surface area contributed by atoms with E-state index in [1.165, 1.54) is 33.2 Å². The molecule has 2 aromatic heterocycles. The molecule has 1 aliphatic carbocycles. The Kier molecular flexibility index (Phi) is 2.33. The Bertz CT molecular complexity index is 891. The van der Waals surface area contributed by atoms with Crippen LogP contribution in [0.4, 0.5) is 0 Å². The van der Waals surface area contributed by atoms with E-state index in [2.05, 4.69) is 80.1 Å². The fraction of sp³-hybridized carbons (Fsp3) is 0.263. The van der Waals surface area contributed by atoms with Gasteiger partial charge >= 0.3 is 0 Å². The van der Waals surface area contributed by atoms with Crippen LogP contribution in [-0.4, -0.2) is 4.98 Å². The predicted octanol–water partition coefficient (Wildman–Crippen LogP) is 3.67. The molecule has 0 radical (unpaired) electrons. The molecular weight excluding hydrogens is 256 g/mol. The van der Waals surface area contributed by atoms with E-state index in [0.29, 0.717) is 0 Å². The van der Waals surface area contributed by atoms with Crippen molar-refractivity contribution in [2.45, 2.75) is 26.2 Å². The van der Waals surface area contributed by atoms with Crippen molar-refractivity contribution in [1.29, 1.82) is 0 Å². The molecule has 0 atom stereocenters. The second-order valence-corrected chi connectivity index (χ2v) is 6.54. The molecule has 0 fully saturated rings. The zero-order chi connectivity index (χ0) is 14.8. The van der Waals surface area contributed by atoms with E-state index in [1.54, 1.807) is 0 Å². The highest BCUT2D eigenvalue weighted by Crippen LogP contribution is 2.50. The minimum absolute atomic E-state index is 0.00710. The van der Waals surface area contributed by atoms with E-state index in [1.807, 2.05) is 0 Å². The van der Waals surface area contributed by atoms with Gasteiger partial charge in [0.2, 0.25) is 5.52 Å². The first-order chi connectivity index (χ1) is 10.00. The minimum Gasteiger partial charge on any atom is -0.261 e. The average Bonchev–Trinajstić information content (AvgIpc) is 2.67. The normalized spacial score (nSPS) is 15.0. The summed E-state index contributed by atoms with van der Waals surface area (Å²) in [4.78, 5) is 4.53. The molecule has 1 aliphatic rings. The molecule has 0 saturated heterocycles. The maximum absolute atomic E-state index is 4.53. The smallest absolute Gasteiger partial charge is 0.212 e. The SMILES string of the molecule is Cc1cc2c(cn1)C(C)(C)c1c[n+](C)c3ccccc3c1-2. The van der Waals surface area contributed by atoms with Crippen LogP contribution in [0.2, 0.25) is 0 Å². The zero-order valence-electron chi connectivity index (χ0n) is 12.9. The molecule has 2 nitrogen and oxygen atoms in total. The highest BCUT2D eigenvalue weighted by Gasteiger charge is 2.39. The van der Waals surface area contributed by atoms with Gasteiger partial charge in [0.15, 0.2) is 6.20 Å².